The predicted octanol–water partition coefficient (Wildman–Crippen LogP) is 2.21. The predicted molar refractivity (Wildman–Crippen MR) is 69.8 cm³/mol. The standard InChI is InChI=1S/C14H26N2O/c1-2-10-15-12-6-8-13(9-7-12)16-14(17)11-4-3-5-11/h11-13,15H,2-10H2,1H3,(H,16,17). The van der Waals surface area contributed by atoms with Crippen LogP contribution in [-0.4, -0.2) is 24.5 Å². The Labute approximate surface area is 105 Å². The molecule has 17 heavy (non-hydrogen) atoms. The highest BCUT2D eigenvalue weighted by Gasteiger charge is 2.28. The second kappa shape index (κ2) is 6.39. The van der Waals surface area contributed by atoms with Crippen molar-refractivity contribution in [2.45, 2.75) is 70.4 Å². The van der Waals surface area contributed by atoms with E-state index in [1.807, 2.05) is 0 Å². The third kappa shape index (κ3) is 3.70. The molecular formula is C14H26N2O. The normalized spacial score (nSPS) is 29.7. The van der Waals surface area contributed by atoms with E-state index in [-0.39, 0.29) is 0 Å². The highest BCUT2D eigenvalue weighted by Crippen LogP contribution is 2.27. The molecular weight excluding hydrogens is 212 g/mol. The maximum absolute atomic E-state index is 11.8. The Kier molecular flexibility index (Phi) is 4.84. The molecule has 3 nitrogen and oxygen atoms in total. The third-order valence-corrected chi connectivity index (χ3v) is 4.23. The lowest BCUT2D eigenvalue weighted by molar-refractivity contribution is -0.128. The van der Waals surface area contributed by atoms with Gasteiger partial charge in [0.05, 0.1) is 0 Å². The average Bonchev–Trinajstić information content (AvgIpc) is 2.26. The first-order chi connectivity index (χ1) is 8.29. The first-order valence-corrected chi connectivity index (χ1v) is 7.33. The van der Waals surface area contributed by atoms with E-state index in [0.29, 0.717) is 23.9 Å². The van der Waals surface area contributed by atoms with Gasteiger partial charge in [-0.1, -0.05) is 13.3 Å². The second-order valence-corrected chi connectivity index (χ2v) is 5.64. The van der Waals surface area contributed by atoms with Gasteiger partial charge >= 0.3 is 0 Å². The molecule has 0 bridgehead atoms. The lowest BCUT2D eigenvalue weighted by Crippen LogP contribution is -2.45. The molecule has 3 heteroatoms. The molecule has 0 aromatic carbocycles. The summed E-state index contributed by atoms with van der Waals surface area (Å²) in [6.07, 6.45) is 9.41. The van der Waals surface area contributed by atoms with Crippen LogP contribution in [0.5, 0.6) is 0 Å². The fraction of sp³-hybridized carbons (Fsp3) is 0.929. The van der Waals surface area contributed by atoms with E-state index >= 15 is 0 Å². The summed E-state index contributed by atoms with van der Waals surface area (Å²) >= 11 is 0. The Morgan fingerprint density at radius 2 is 1.71 bits per heavy atom. The van der Waals surface area contributed by atoms with Gasteiger partial charge in [0.1, 0.15) is 0 Å². The maximum Gasteiger partial charge on any atom is 0.223 e. The molecule has 0 spiro atoms. The van der Waals surface area contributed by atoms with Gasteiger partial charge in [-0.3, -0.25) is 4.79 Å². The van der Waals surface area contributed by atoms with Gasteiger partial charge < -0.3 is 10.6 Å². The van der Waals surface area contributed by atoms with Crippen molar-refractivity contribution in [2.24, 2.45) is 5.92 Å². The first-order valence-electron chi connectivity index (χ1n) is 7.33. The van der Waals surface area contributed by atoms with Crippen LogP contribution in [-0.2, 0) is 4.79 Å². The lowest BCUT2D eigenvalue weighted by Gasteiger charge is -2.32. The van der Waals surface area contributed by atoms with Crippen molar-refractivity contribution in [3.63, 3.8) is 0 Å². The summed E-state index contributed by atoms with van der Waals surface area (Å²) in [5.41, 5.74) is 0. The van der Waals surface area contributed by atoms with Crippen molar-refractivity contribution in [3.05, 3.63) is 0 Å². The zero-order valence-corrected chi connectivity index (χ0v) is 11.0. The van der Waals surface area contributed by atoms with E-state index in [0.717, 1.165) is 32.2 Å². The minimum atomic E-state index is 0.321. The van der Waals surface area contributed by atoms with Gasteiger partial charge in [-0.15, -0.1) is 0 Å². The molecule has 2 saturated carbocycles. The van der Waals surface area contributed by atoms with Crippen molar-refractivity contribution in [1.82, 2.24) is 10.6 Å². The Morgan fingerprint density at radius 1 is 1.06 bits per heavy atom. The zero-order valence-electron chi connectivity index (χ0n) is 11.0. The molecule has 0 unspecified atom stereocenters. The second-order valence-electron chi connectivity index (χ2n) is 5.64. The van der Waals surface area contributed by atoms with Crippen molar-refractivity contribution in [2.75, 3.05) is 6.54 Å². The summed E-state index contributed by atoms with van der Waals surface area (Å²) in [4.78, 5) is 11.8. The molecule has 2 N–H and O–H groups in total. The van der Waals surface area contributed by atoms with Crippen LogP contribution in [0, 0.1) is 5.92 Å². The zero-order chi connectivity index (χ0) is 12.1. The monoisotopic (exact) mass is 238 g/mol. The lowest BCUT2D eigenvalue weighted by atomic mass is 9.84. The summed E-state index contributed by atoms with van der Waals surface area (Å²) < 4.78 is 0. The van der Waals surface area contributed by atoms with Gasteiger partial charge in [0.2, 0.25) is 5.91 Å². The van der Waals surface area contributed by atoms with Gasteiger partial charge in [-0.25, -0.2) is 0 Å². The molecule has 98 valence electrons. The smallest absolute Gasteiger partial charge is 0.223 e. The van der Waals surface area contributed by atoms with Crippen LogP contribution in [0.1, 0.15) is 58.3 Å². The van der Waals surface area contributed by atoms with Crippen molar-refractivity contribution < 1.29 is 4.79 Å². The van der Waals surface area contributed by atoms with Crippen molar-refractivity contribution in [3.8, 4) is 0 Å². The van der Waals surface area contributed by atoms with Crippen LogP contribution < -0.4 is 10.6 Å². The Hall–Kier alpha value is -0.570. The number of carbonyl (C=O) groups is 1. The van der Waals surface area contributed by atoms with Crippen LogP contribution in [0.3, 0.4) is 0 Å². The Balaban J connectivity index is 1.63. The van der Waals surface area contributed by atoms with Gasteiger partial charge in [-0.05, 0) is 51.5 Å². The Bertz CT molecular complexity index is 243. The van der Waals surface area contributed by atoms with Crippen LogP contribution in [0.25, 0.3) is 0 Å². The van der Waals surface area contributed by atoms with Crippen molar-refractivity contribution in [1.29, 1.82) is 0 Å². The van der Waals surface area contributed by atoms with Gasteiger partial charge in [0.15, 0.2) is 0 Å². The topological polar surface area (TPSA) is 41.1 Å². The number of hydrogen-bond donors (Lipinski definition) is 2. The van der Waals surface area contributed by atoms with E-state index < -0.39 is 0 Å². The van der Waals surface area contributed by atoms with E-state index in [1.165, 1.54) is 25.7 Å². The first kappa shape index (κ1) is 12.9. The highest BCUT2D eigenvalue weighted by atomic mass is 16.2. The average molecular weight is 238 g/mol. The van der Waals surface area contributed by atoms with Gasteiger partial charge in [-0.2, -0.15) is 0 Å². The number of amides is 1. The fourth-order valence-corrected chi connectivity index (χ4v) is 2.78. The van der Waals surface area contributed by atoms with Gasteiger partial charge in [0.25, 0.3) is 0 Å². The van der Waals surface area contributed by atoms with E-state index in [9.17, 15) is 4.79 Å². The summed E-state index contributed by atoms with van der Waals surface area (Å²) in [5.74, 6) is 0.659. The summed E-state index contributed by atoms with van der Waals surface area (Å²) in [5, 5.41) is 6.81. The Morgan fingerprint density at radius 3 is 2.24 bits per heavy atom. The molecule has 0 radical (unpaired) electrons. The number of rotatable bonds is 5. The largest absolute Gasteiger partial charge is 0.353 e. The van der Waals surface area contributed by atoms with E-state index in [1.54, 1.807) is 0 Å². The maximum atomic E-state index is 11.8. The molecule has 0 saturated heterocycles. The number of carbonyl (C=O) groups excluding carboxylic acids is 1. The molecule has 0 aliphatic heterocycles. The molecule has 1 amide bonds. The minimum absolute atomic E-state index is 0.321. The molecule has 0 atom stereocenters. The summed E-state index contributed by atoms with van der Waals surface area (Å²) in [7, 11) is 0. The van der Waals surface area contributed by atoms with Crippen molar-refractivity contribution >= 4 is 5.91 Å². The van der Waals surface area contributed by atoms with E-state index in [4.69, 9.17) is 0 Å². The fourth-order valence-electron chi connectivity index (χ4n) is 2.78. The number of hydrogen-bond acceptors (Lipinski definition) is 2. The summed E-state index contributed by atoms with van der Waals surface area (Å²) in [6, 6.07) is 1.13. The van der Waals surface area contributed by atoms with Crippen LogP contribution in [0.15, 0.2) is 0 Å². The molecule has 2 rings (SSSR count). The van der Waals surface area contributed by atoms with Crippen LogP contribution >= 0.6 is 0 Å². The summed E-state index contributed by atoms with van der Waals surface area (Å²) in [6.45, 7) is 3.33. The molecule has 2 aliphatic rings. The SMILES string of the molecule is CCCNC1CCC(NC(=O)C2CCC2)CC1. The van der Waals surface area contributed by atoms with Crippen LogP contribution in [0.4, 0.5) is 0 Å². The molecule has 2 fully saturated rings. The molecule has 0 aromatic heterocycles. The van der Waals surface area contributed by atoms with E-state index in [2.05, 4.69) is 17.6 Å². The van der Waals surface area contributed by atoms with Crippen LogP contribution in [0.2, 0.25) is 0 Å². The third-order valence-electron chi connectivity index (χ3n) is 4.23. The highest BCUT2D eigenvalue weighted by molar-refractivity contribution is 5.79. The quantitative estimate of drug-likeness (QED) is 0.771. The number of nitrogens with one attached hydrogen (secondary N) is 2. The van der Waals surface area contributed by atoms with Gasteiger partial charge in [0, 0.05) is 18.0 Å². The molecule has 2 aliphatic carbocycles. The molecule has 0 heterocycles. The molecule has 0 aromatic rings. The minimum Gasteiger partial charge on any atom is -0.353 e.